The molecule has 1 fully saturated rings. The maximum Gasteiger partial charge on any atom is 0.252 e. The highest BCUT2D eigenvalue weighted by molar-refractivity contribution is 6.09. The molecule has 0 unspecified atom stereocenters. The lowest BCUT2D eigenvalue weighted by molar-refractivity contribution is 0.0918. The van der Waals surface area contributed by atoms with Crippen LogP contribution in [-0.2, 0) is 0 Å². The number of amides is 1. The number of anilines is 1. The summed E-state index contributed by atoms with van der Waals surface area (Å²) in [6, 6.07) is 10.5. The molecule has 2 aromatic carbocycles. The number of likely N-dealkylation sites (tertiary alicyclic amines) is 1. The molecule has 1 saturated heterocycles. The van der Waals surface area contributed by atoms with Gasteiger partial charge in [0.2, 0.25) is 0 Å². The van der Waals surface area contributed by atoms with Crippen molar-refractivity contribution in [3.8, 4) is 11.1 Å². The molecule has 0 radical (unpaired) electrons. The van der Waals surface area contributed by atoms with Crippen molar-refractivity contribution in [3.63, 3.8) is 0 Å². The first-order chi connectivity index (χ1) is 13.4. The molecule has 0 aliphatic carbocycles. The highest BCUT2D eigenvalue weighted by Crippen LogP contribution is 2.32. The fraction of sp³-hybridized carbons (Fsp3) is 0.318. The van der Waals surface area contributed by atoms with E-state index in [2.05, 4.69) is 22.2 Å². The second-order valence-electron chi connectivity index (χ2n) is 7.69. The van der Waals surface area contributed by atoms with Gasteiger partial charge in [0.05, 0.1) is 0 Å². The average molecular weight is 380 g/mol. The summed E-state index contributed by atoms with van der Waals surface area (Å²) in [5.41, 5.74) is 9.18. The number of hydrogen-bond donors (Lipinski definition) is 3. The van der Waals surface area contributed by atoms with Crippen LogP contribution in [0.2, 0.25) is 0 Å². The van der Waals surface area contributed by atoms with Gasteiger partial charge in [-0.3, -0.25) is 4.79 Å². The van der Waals surface area contributed by atoms with Crippen LogP contribution in [0.15, 0.2) is 36.4 Å². The molecule has 4 rings (SSSR count). The summed E-state index contributed by atoms with van der Waals surface area (Å²) in [5, 5.41) is 3.90. The molecule has 2 heterocycles. The molecule has 3 aromatic rings. The van der Waals surface area contributed by atoms with Gasteiger partial charge in [0, 0.05) is 28.1 Å². The normalized spacial score (nSPS) is 15.8. The van der Waals surface area contributed by atoms with Crippen LogP contribution in [0.5, 0.6) is 0 Å². The molecule has 1 amide bonds. The lowest BCUT2D eigenvalue weighted by Gasteiger charge is -2.29. The molecule has 6 heteroatoms. The Bertz CT molecular complexity index is 1010. The van der Waals surface area contributed by atoms with Crippen LogP contribution in [0, 0.1) is 12.7 Å². The molecule has 146 valence electrons. The van der Waals surface area contributed by atoms with Crippen LogP contribution in [0.3, 0.4) is 0 Å². The van der Waals surface area contributed by atoms with Gasteiger partial charge in [-0.25, -0.2) is 4.39 Å². The number of piperidine rings is 1. The van der Waals surface area contributed by atoms with E-state index in [1.165, 1.54) is 6.07 Å². The Kier molecular flexibility index (Phi) is 4.81. The third-order valence-corrected chi connectivity index (χ3v) is 5.57. The standard InChI is InChI=1S/C22H25FN4O/c1-13-4-3-5-18(23)21(13)14-10-17(16-12-20(24)26-19(16)11-14)22(28)25-15-6-8-27(2)9-7-15/h3-5,10-12,15,26H,6-9,24H2,1-2H3,(H,25,28). The van der Waals surface area contributed by atoms with E-state index in [0.29, 0.717) is 22.5 Å². The van der Waals surface area contributed by atoms with Gasteiger partial charge >= 0.3 is 0 Å². The fourth-order valence-corrected chi connectivity index (χ4v) is 4.01. The third-order valence-electron chi connectivity index (χ3n) is 5.57. The lowest BCUT2D eigenvalue weighted by atomic mass is 9.95. The number of nitrogen functional groups attached to an aromatic ring is 1. The van der Waals surface area contributed by atoms with Crippen molar-refractivity contribution in [3.05, 3.63) is 53.3 Å². The number of nitrogens with one attached hydrogen (secondary N) is 2. The SMILES string of the molecule is Cc1cccc(F)c1-c1cc(C(=O)NC2CCN(C)CC2)c2cc(N)[nH]c2c1. The Morgan fingerprint density at radius 2 is 2.00 bits per heavy atom. The highest BCUT2D eigenvalue weighted by atomic mass is 19.1. The van der Waals surface area contributed by atoms with E-state index in [1.807, 2.05) is 19.1 Å². The zero-order valence-corrected chi connectivity index (χ0v) is 16.2. The van der Waals surface area contributed by atoms with E-state index in [4.69, 9.17) is 5.73 Å². The van der Waals surface area contributed by atoms with Gasteiger partial charge in [0.1, 0.15) is 11.6 Å². The molecule has 5 nitrogen and oxygen atoms in total. The average Bonchev–Trinajstić information content (AvgIpc) is 3.03. The Morgan fingerprint density at radius 1 is 1.25 bits per heavy atom. The van der Waals surface area contributed by atoms with Crippen molar-refractivity contribution in [2.24, 2.45) is 0 Å². The van der Waals surface area contributed by atoms with Crippen LogP contribution in [0.1, 0.15) is 28.8 Å². The highest BCUT2D eigenvalue weighted by Gasteiger charge is 2.22. The van der Waals surface area contributed by atoms with Crippen LogP contribution in [0.4, 0.5) is 10.2 Å². The predicted octanol–water partition coefficient (Wildman–Crippen LogP) is 3.69. The summed E-state index contributed by atoms with van der Waals surface area (Å²) in [6.07, 6.45) is 1.85. The largest absolute Gasteiger partial charge is 0.385 e. The zero-order chi connectivity index (χ0) is 19.8. The van der Waals surface area contributed by atoms with Gasteiger partial charge in [0.25, 0.3) is 5.91 Å². The molecular weight excluding hydrogens is 355 g/mol. The molecule has 0 saturated carbocycles. The third kappa shape index (κ3) is 3.47. The number of aromatic nitrogens is 1. The van der Waals surface area contributed by atoms with Crippen LogP contribution >= 0.6 is 0 Å². The molecule has 1 aliphatic rings. The van der Waals surface area contributed by atoms with Crippen LogP contribution in [0.25, 0.3) is 22.0 Å². The number of carbonyl (C=O) groups is 1. The van der Waals surface area contributed by atoms with Gasteiger partial charge in [-0.15, -0.1) is 0 Å². The van der Waals surface area contributed by atoms with Crippen LogP contribution in [-0.4, -0.2) is 42.0 Å². The Labute approximate surface area is 163 Å². The van der Waals surface area contributed by atoms with E-state index in [-0.39, 0.29) is 17.8 Å². The van der Waals surface area contributed by atoms with Crippen molar-refractivity contribution < 1.29 is 9.18 Å². The van der Waals surface area contributed by atoms with Crippen molar-refractivity contribution in [2.75, 3.05) is 25.9 Å². The zero-order valence-electron chi connectivity index (χ0n) is 16.2. The number of carbonyl (C=O) groups excluding carboxylic acids is 1. The first-order valence-electron chi connectivity index (χ1n) is 9.59. The van der Waals surface area contributed by atoms with Gasteiger partial charge in [-0.05, 0) is 75.3 Å². The predicted molar refractivity (Wildman–Crippen MR) is 111 cm³/mol. The van der Waals surface area contributed by atoms with Gasteiger partial charge < -0.3 is 20.9 Å². The molecule has 1 aromatic heterocycles. The van der Waals surface area contributed by atoms with Crippen molar-refractivity contribution >= 4 is 22.6 Å². The number of halogens is 1. The molecule has 0 bridgehead atoms. The maximum atomic E-state index is 14.5. The monoisotopic (exact) mass is 380 g/mol. The number of aryl methyl sites for hydroxylation is 1. The number of benzene rings is 2. The Morgan fingerprint density at radius 3 is 2.71 bits per heavy atom. The maximum absolute atomic E-state index is 14.5. The molecule has 0 atom stereocenters. The van der Waals surface area contributed by atoms with E-state index >= 15 is 0 Å². The van der Waals surface area contributed by atoms with Gasteiger partial charge in [-0.1, -0.05) is 12.1 Å². The Balaban J connectivity index is 1.75. The lowest BCUT2D eigenvalue weighted by Crippen LogP contribution is -2.43. The smallest absolute Gasteiger partial charge is 0.252 e. The first kappa shape index (κ1) is 18.5. The molecule has 4 N–H and O–H groups in total. The Hall–Kier alpha value is -2.86. The number of nitrogens with zero attached hydrogens (tertiary/aromatic N) is 1. The summed E-state index contributed by atoms with van der Waals surface area (Å²) in [6.45, 7) is 3.79. The summed E-state index contributed by atoms with van der Waals surface area (Å²) >= 11 is 0. The van der Waals surface area contributed by atoms with E-state index in [0.717, 1.165) is 42.4 Å². The second-order valence-corrected chi connectivity index (χ2v) is 7.69. The number of hydrogen-bond acceptors (Lipinski definition) is 3. The summed E-state index contributed by atoms with van der Waals surface area (Å²) in [7, 11) is 2.09. The number of aromatic amines is 1. The van der Waals surface area contributed by atoms with Crippen molar-refractivity contribution in [1.29, 1.82) is 0 Å². The quantitative estimate of drug-likeness (QED) is 0.649. The molecular formula is C22H25FN4O. The summed E-state index contributed by atoms with van der Waals surface area (Å²) in [5.74, 6) is 0.0284. The second kappa shape index (κ2) is 7.28. The summed E-state index contributed by atoms with van der Waals surface area (Å²) in [4.78, 5) is 18.4. The minimum atomic E-state index is -0.305. The van der Waals surface area contributed by atoms with Gasteiger partial charge in [-0.2, -0.15) is 0 Å². The van der Waals surface area contributed by atoms with Crippen molar-refractivity contribution in [2.45, 2.75) is 25.8 Å². The minimum Gasteiger partial charge on any atom is -0.385 e. The summed E-state index contributed by atoms with van der Waals surface area (Å²) < 4.78 is 14.5. The number of H-pyrrole nitrogens is 1. The minimum absolute atomic E-state index is 0.144. The molecule has 1 aliphatic heterocycles. The number of rotatable bonds is 3. The van der Waals surface area contributed by atoms with Gasteiger partial charge in [0.15, 0.2) is 0 Å². The molecule has 28 heavy (non-hydrogen) atoms. The molecule has 0 spiro atoms. The number of nitrogens with two attached hydrogens (primary N) is 1. The topological polar surface area (TPSA) is 74.2 Å². The van der Waals surface area contributed by atoms with E-state index in [9.17, 15) is 9.18 Å². The fourth-order valence-electron chi connectivity index (χ4n) is 4.01. The first-order valence-corrected chi connectivity index (χ1v) is 9.59. The van der Waals surface area contributed by atoms with Crippen molar-refractivity contribution in [1.82, 2.24) is 15.2 Å². The van der Waals surface area contributed by atoms with E-state index in [1.54, 1.807) is 18.2 Å². The van der Waals surface area contributed by atoms with Crippen LogP contribution < -0.4 is 11.1 Å². The number of fused-ring (bicyclic) bond motifs is 1. The van der Waals surface area contributed by atoms with E-state index < -0.39 is 0 Å².